The minimum atomic E-state index is -0.796. The van der Waals surface area contributed by atoms with Gasteiger partial charge in [-0.3, -0.25) is 14.3 Å². The third-order valence-electron chi connectivity index (χ3n) is 3.52. The molecule has 2 atom stereocenters. The summed E-state index contributed by atoms with van der Waals surface area (Å²) >= 11 is 0. The fourth-order valence-corrected chi connectivity index (χ4v) is 2.45. The molecule has 0 spiro atoms. The van der Waals surface area contributed by atoms with Gasteiger partial charge in [0.05, 0.1) is 12.7 Å². The molecule has 2 heterocycles. The highest BCUT2D eigenvalue weighted by molar-refractivity contribution is 5.97. The molecule has 0 aliphatic carbocycles. The summed E-state index contributed by atoms with van der Waals surface area (Å²) in [5.41, 5.74) is 1.53. The molecular formula is C15H16N4O3. The van der Waals surface area contributed by atoms with Gasteiger partial charge in [0.25, 0.3) is 0 Å². The first-order valence-corrected chi connectivity index (χ1v) is 6.91. The van der Waals surface area contributed by atoms with Gasteiger partial charge in [-0.25, -0.2) is 0 Å². The molecular weight excluding hydrogens is 284 g/mol. The van der Waals surface area contributed by atoms with E-state index in [2.05, 4.69) is 15.7 Å². The molecule has 1 aromatic carbocycles. The molecule has 0 bridgehead atoms. The van der Waals surface area contributed by atoms with Crippen LogP contribution in [-0.4, -0.2) is 32.7 Å². The number of phenolic OH excluding ortho intramolecular Hbond substituents is 1. The van der Waals surface area contributed by atoms with Crippen LogP contribution in [0.25, 0.3) is 0 Å². The standard InChI is InChI=1S/C15H16N4O3/c1-9-6-16-19(7-9)8-12-14(21)18-13(15(22)17-12)10-3-2-4-11(20)5-10/h2-7,12-13,20H,8H2,1H3,(H,17,22)(H,18,21). The second-order valence-electron chi connectivity index (χ2n) is 5.34. The largest absolute Gasteiger partial charge is 0.508 e. The van der Waals surface area contributed by atoms with Gasteiger partial charge >= 0.3 is 0 Å². The van der Waals surface area contributed by atoms with E-state index in [4.69, 9.17) is 0 Å². The number of aromatic nitrogens is 2. The van der Waals surface area contributed by atoms with Crippen LogP contribution < -0.4 is 10.6 Å². The molecule has 1 aromatic heterocycles. The maximum atomic E-state index is 12.2. The van der Waals surface area contributed by atoms with E-state index >= 15 is 0 Å². The van der Waals surface area contributed by atoms with Crippen molar-refractivity contribution in [3.05, 3.63) is 47.8 Å². The first kappa shape index (κ1) is 14.1. The number of aryl methyl sites for hydroxylation is 1. The van der Waals surface area contributed by atoms with E-state index < -0.39 is 12.1 Å². The number of nitrogens with zero attached hydrogens (tertiary/aromatic N) is 2. The fraction of sp³-hybridized carbons (Fsp3) is 0.267. The van der Waals surface area contributed by atoms with Crippen LogP contribution in [-0.2, 0) is 16.1 Å². The van der Waals surface area contributed by atoms with E-state index in [9.17, 15) is 14.7 Å². The normalized spacial score (nSPS) is 21.3. The number of amides is 2. The van der Waals surface area contributed by atoms with Crippen LogP contribution in [0.15, 0.2) is 36.7 Å². The van der Waals surface area contributed by atoms with E-state index in [1.807, 2.05) is 6.92 Å². The Morgan fingerprint density at radius 3 is 2.77 bits per heavy atom. The summed E-state index contributed by atoms with van der Waals surface area (Å²) in [6.07, 6.45) is 3.50. The van der Waals surface area contributed by atoms with Crippen molar-refractivity contribution in [2.24, 2.45) is 0 Å². The van der Waals surface area contributed by atoms with Gasteiger partial charge in [-0.15, -0.1) is 0 Å². The van der Waals surface area contributed by atoms with Crippen molar-refractivity contribution in [2.75, 3.05) is 0 Å². The zero-order chi connectivity index (χ0) is 15.7. The van der Waals surface area contributed by atoms with E-state index in [0.29, 0.717) is 5.56 Å². The molecule has 1 fully saturated rings. The first-order chi connectivity index (χ1) is 10.5. The lowest BCUT2D eigenvalue weighted by atomic mass is 10.0. The lowest BCUT2D eigenvalue weighted by Crippen LogP contribution is -2.59. The summed E-state index contributed by atoms with van der Waals surface area (Å²) in [6.45, 7) is 2.18. The Kier molecular flexibility index (Phi) is 3.54. The molecule has 2 aromatic rings. The molecule has 3 N–H and O–H groups in total. The van der Waals surface area contributed by atoms with Crippen molar-refractivity contribution >= 4 is 11.8 Å². The van der Waals surface area contributed by atoms with E-state index in [1.165, 1.54) is 12.1 Å². The number of hydrogen-bond donors (Lipinski definition) is 3. The van der Waals surface area contributed by atoms with Crippen LogP contribution in [0.1, 0.15) is 17.2 Å². The second kappa shape index (κ2) is 5.51. The molecule has 3 rings (SSSR count). The van der Waals surface area contributed by atoms with Crippen molar-refractivity contribution in [1.29, 1.82) is 0 Å². The lowest BCUT2D eigenvalue weighted by Gasteiger charge is -2.29. The van der Waals surface area contributed by atoms with E-state index in [0.717, 1.165) is 5.56 Å². The highest BCUT2D eigenvalue weighted by Crippen LogP contribution is 2.20. The van der Waals surface area contributed by atoms with Gasteiger partial charge in [0.2, 0.25) is 11.8 Å². The Hall–Kier alpha value is -2.83. The topological polar surface area (TPSA) is 96.2 Å². The maximum Gasteiger partial charge on any atom is 0.247 e. The molecule has 0 saturated carbocycles. The zero-order valence-corrected chi connectivity index (χ0v) is 12.0. The zero-order valence-electron chi connectivity index (χ0n) is 12.0. The molecule has 1 aliphatic rings. The molecule has 2 unspecified atom stereocenters. The molecule has 22 heavy (non-hydrogen) atoms. The average Bonchev–Trinajstić information content (AvgIpc) is 2.88. The summed E-state index contributed by atoms with van der Waals surface area (Å²) in [5, 5.41) is 19.0. The van der Waals surface area contributed by atoms with Gasteiger partial charge in [0.1, 0.15) is 17.8 Å². The smallest absolute Gasteiger partial charge is 0.247 e. The molecule has 7 heteroatoms. The van der Waals surface area contributed by atoms with Gasteiger partial charge in [-0.05, 0) is 30.2 Å². The Balaban J connectivity index is 1.74. The van der Waals surface area contributed by atoms with Gasteiger partial charge < -0.3 is 15.7 Å². The summed E-state index contributed by atoms with van der Waals surface area (Å²) in [7, 11) is 0. The summed E-state index contributed by atoms with van der Waals surface area (Å²) in [6, 6.07) is 4.82. The Morgan fingerprint density at radius 1 is 1.27 bits per heavy atom. The van der Waals surface area contributed by atoms with E-state index in [1.54, 1.807) is 29.2 Å². The minimum Gasteiger partial charge on any atom is -0.508 e. The number of nitrogens with one attached hydrogen (secondary N) is 2. The maximum absolute atomic E-state index is 12.2. The Morgan fingerprint density at radius 2 is 2.09 bits per heavy atom. The molecule has 7 nitrogen and oxygen atoms in total. The monoisotopic (exact) mass is 300 g/mol. The van der Waals surface area contributed by atoms with Gasteiger partial charge in [-0.2, -0.15) is 5.10 Å². The number of carbonyl (C=O) groups excluding carboxylic acids is 2. The quantitative estimate of drug-likeness (QED) is 0.757. The van der Waals surface area contributed by atoms with Crippen molar-refractivity contribution in [3.8, 4) is 5.75 Å². The number of carbonyl (C=O) groups is 2. The van der Waals surface area contributed by atoms with Crippen LogP contribution in [0.3, 0.4) is 0 Å². The third-order valence-corrected chi connectivity index (χ3v) is 3.52. The number of aromatic hydroxyl groups is 1. The molecule has 0 radical (unpaired) electrons. The SMILES string of the molecule is Cc1cnn(CC2NC(=O)C(c3cccc(O)c3)NC2=O)c1. The van der Waals surface area contributed by atoms with Crippen LogP contribution in [0.4, 0.5) is 0 Å². The van der Waals surface area contributed by atoms with Crippen molar-refractivity contribution in [3.63, 3.8) is 0 Å². The van der Waals surface area contributed by atoms with Crippen molar-refractivity contribution in [2.45, 2.75) is 25.6 Å². The lowest BCUT2D eigenvalue weighted by molar-refractivity contribution is -0.137. The number of hydrogen-bond acceptors (Lipinski definition) is 4. The predicted octanol–water partition coefficient (Wildman–Crippen LogP) is 0.253. The molecule has 114 valence electrons. The van der Waals surface area contributed by atoms with E-state index in [-0.39, 0.29) is 24.1 Å². The Bertz CT molecular complexity index is 725. The third kappa shape index (κ3) is 2.78. The molecule has 2 amide bonds. The van der Waals surface area contributed by atoms with Crippen LogP contribution in [0.2, 0.25) is 0 Å². The molecule has 1 aliphatic heterocycles. The van der Waals surface area contributed by atoms with Crippen LogP contribution >= 0.6 is 0 Å². The highest BCUT2D eigenvalue weighted by Gasteiger charge is 2.34. The average molecular weight is 300 g/mol. The highest BCUT2D eigenvalue weighted by atomic mass is 16.3. The number of piperazine rings is 1. The Labute approximate surface area is 126 Å². The first-order valence-electron chi connectivity index (χ1n) is 6.91. The summed E-state index contributed by atoms with van der Waals surface area (Å²) < 4.78 is 1.62. The number of rotatable bonds is 3. The number of benzene rings is 1. The summed E-state index contributed by atoms with van der Waals surface area (Å²) in [4.78, 5) is 24.4. The summed E-state index contributed by atoms with van der Waals surface area (Å²) in [5.74, 6) is -0.533. The minimum absolute atomic E-state index is 0.0497. The predicted molar refractivity (Wildman–Crippen MR) is 77.9 cm³/mol. The van der Waals surface area contributed by atoms with Gasteiger partial charge in [0.15, 0.2) is 0 Å². The van der Waals surface area contributed by atoms with Gasteiger partial charge in [-0.1, -0.05) is 12.1 Å². The van der Waals surface area contributed by atoms with Crippen molar-refractivity contribution in [1.82, 2.24) is 20.4 Å². The van der Waals surface area contributed by atoms with Crippen molar-refractivity contribution < 1.29 is 14.7 Å². The number of phenols is 1. The second-order valence-corrected chi connectivity index (χ2v) is 5.34. The van der Waals surface area contributed by atoms with Crippen LogP contribution in [0.5, 0.6) is 5.75 Å². The fourth-order valence-electron chi connectivity index (χ4n) is 2.45. The molecule has 1 saturated heterocycles. The van der Waals surface area contributed by atoms with Gasteiger partial charge in [0, 0.05) is 6.20 Å². The van der Waals surface area contributed by atoms with Crippen LogP contribution in [0, 0.1) is 6.92 Å².